The molecule has 5 nitrogen and oxygen atoms in total. The van der Waals surface area contributed by atoms with E-state index in [0.717, 1.165) is 26.2 Å². The van der Waals surface area contributed by atoms with E-state index in [1.165, 1.54) is 6.42 Å². The van der Waals surface area contributed by atoms with Crippen LogP contribution in [0.15, 0.2) is 5.16 Å². The lowest BCUT2D eigenvalue weighted by Crippen LogP contribution is -2.52. The Bertz CT molecular complexity index is 249. The molecule has 0 aromatic carbocycles. The molecule has 0 aromatic rings. The number of nitrogens with two attached hydrogens (primary N) is 1. The Morgan fingerprint density at radius 1 is 1.18 bits per heavy atom. The molecule has 2 unspecified atom stereocenters. The van der Waals surface area contributed by atoms with Gasteiger partial charge < -0.3 is 10.9 Å². The second-order valence-electron chi connectivity index (χ2n) is 4.97. The zero-order valence-corrected chi connectivity index (χ0v) is 11.3. The molecule has 0 aromatic heterocycles. The van der Waals surface area contributed by atoms with Crippen molar-refractivity contribution >= 4 is 5.84 Å². The molecule has 3 N–H and O–H groups in total. The Kier molecular flexibility index (Phi) is 5.71. The minimum Gasteiger partial charge on any atom is -0.409 e. The lowest BCUT2D eigenvalue weighted by Gasteiger charge is -2.40. The second-order valence-corrected chi connectivity index (χ2v) is 4.97. The Labute approximate surface area is 104 Å². The summed E-state index contributed by atoms with van der Waals surface area (Å²) in [5, 5.41) is 11.6. The zero-order chi connectivity index (χ0) is 12.8. The predicted molar refractivity (Wildman–Crippen MR) is 70.4 cm³/mol. The van der Waals surface area contributed by atoms with Crippen LogP contribution in [0.1, 0.15) is 33.6 Å². The molecule has 2 atom stereocenters. The van der Waals surface area contributed by atoms with Crippen LogP contribution >= 0.6 is 0 Å². The average molecular weight is 242 g/mol. The van der Waals surface area contributed by atoms with Crippen molar-refractivity contribution in [3.8, 4) is 0 Å². The van der Waals surface area contributed by atoms with Crippen LogP contribution in [0.25, 0.3) is 0 Å². The third kappa shape index (κ3) is 4.16. The van der Waals surface area contributed by atoms with Crippen molar-refractivity contribution in [2.45, 2.75) is 45.7 Å². The van der Waals surface area contributed by atoms with Gasteiger partial charge in [-0.15, -0.1) is 0 Å². The fraction of sp³-hybridized carbons (Fsp3) is 0.917. The minimum atomic E-state index is 0.321. The lowest BCUT2D eigenvalue weighted by atomic mass is 10.1. The summed E-state index contributed by atoms with van der Waals surface area (Å²) in [5.74, 6) is 0.321. The summed E-state index contributed by atoms with van der Waals surface area (Å²) in [6.07, 6.45) is 1.85. The maximum Gasteiger partial charge on any atom is 0.140 e. The molecule has 1 fully saturated rings. The maximum absolute atomic E-state index is 8.56. The first-order valence-corrected chi connectivity index (χ1v) is 6.53. The van der Waals surface area contributed by atoms with Gasteiger partial charge in [0.25, 0.3) is 0 Å². The molecule has 0 aliphatic carbocycles. The van der Waals surface area contributed by atoms with Gasteiger partial charge in [-0.3, -0.25) is 9.80 Å². The Balaban J connectivity index is 2.36. The average Bonchev–Trinajstić information content (AvgIpc) is 2.37. The van der Waals surface area contributed by atoms with E-state index in [9.17, 15) is 0 Å². The Morgan fingerprint density at radius 3 is 2.06 bits per heavy atom. The molecule has 0 saturated carbocycles. The van der Waals surface area contributed by atoms with Gasteiger partial charge in [-0.1, -0.05) is 12.1 Å². The quantitative estimate of drug-likeness (QED) is 0.326. The van der Waals surface area contributed by atoms with Crippen molar-refractivity contribution in [1.82, 2.24) is 9.80 Å². The molecule has 1 aliphatic rings. The molecule has 1 aliphatic heterocycles. The summed E-state index contributed by atoms with van der Waals surface area (Å²) in [4.78, 5) is 4.95. The maximum atomic E-state index is 8.56. The number of hydrogen-bond donors (Lipinski definition) is 2. The summed E-state index contributed by atoms with van der Waals surface area (Å²) in [6.45, 7) is 11.0. The molecule has 1 heterocycles. The van der Waals surface area contributed by atoms with Gasteiger partial charge in [0.2, 0.25) is 0 Å². The van der Waals surface area contributed by atoms with Crippen LogP contribution in [-0.2, 0) is 0 Å². The Hall–Kier alpha value is -0.810. The number of amidine groups is 1. The molecular formula is C12H26N4O. The zero-order valence-electron chi connectivity index (χ0n) is 11.3. The molecule has 0 spiro atoms. The number of piperazine rings is 1. The molecule has 1 saturated heterocycles. The van der Waals surface area contributed by atoms with Gasteiger partial charge in [0.1, 0.15) is 5.84 Å². The van der Waals surface area contributed by atoms with Crippen molar-refractivity contribution in [2.24, 2.45) is 10.9 Å². The van der Waals surface area contributed by atoms with Gasteiger partial charge in [-0.05, 0) is 20.3 Å². The van der Waals surface area contributed by atoms with E-state index in [4.69, 9.17) is 10.9 Å². The topological polar surface area (TPSA) is 65.1 Å². The fourth-order valence-electron chi connectivity index (χ4n) is 2.35. The van der Waals surface area contributed by atoms with E-state index < -0.39 is 0 Å². The van der Waals surface area contributed by atoms with Crippen LogP contribution < -0.4 is 5.73 Å². The smallest absolute Gasteiger partial charge is 0.140 e. The van der Waals surface area contributed by atoms with Crippen molar-refractivity contribution in [1.29, 1.82) is 0 Å². The third-order valence-electron chi connectivity index (χ3n) is 3.82. The standard InChI is InChI=1S/C12H26N4O/c1-4-10(2)15-5-7-16(8-6-15)11(3)9-12(13)14-17/h10-11,17H,4-9H2,1-3H3,(H2,13,14). The van der Waals surface area contributed by atoms with E-state index in [1.807, 2.05) is 0 Å². The number of hydrogen-bond acceptors (Lipinski definition) is 4. The van der Waals surface area contributed by atoms with Crippen molar-refractivity contribution in [3.05, 3.63) is 0 Å². The lowest BCUT2D eigenvalue weighted by molar-refractivity contribution is 0.0789. The first kappa shape index (κ1) is 14.3. The fourth-order valence-corrected chi connectivity index (χ4v) is 2.35. The summed E-state index contributed by atoms with van der Waals surface area (Å²) in [7, 11) is 0. The van der Waals surface area contributed by atoms with Crippen molar-refractivity contribution in [2.75, 3.05) is 26.2 Å². The Morgan fingerprint density at radius 2 is 1.65 bits per heavy atom. The SMILES string of the molecule is CCC(C)N1CCN(C(C)CC(N)=NO)CC1. The number of rotatable bonds is 5. The summed E-state index contributed by atoms with van der Waals surface area (Å²) in [5.41, 5.74) is 5.54. The van der Waals surface area contributed by atoms with Crippen LogP contribution in [0.2, 0.25) is 0 Å². The van der Waals surface area contributed by atoms with Gasteiger partial charge in [-0.25, -0.2) is 0 Å². The minimum absolute atomic E-state index is 0.321. The largest absolute Gasteiger partial charge is 0.409 e. The van der Waals surface area contributed by atoms with Crippen molar-refractivity contribution < 1.29 is 5.21 Å². The molecular weight excluding hydrogens is 216 g/mol. The van der Waals surface area contributed by atoms with Gasteiger partial charge in [0.15, 0.2) is 0 Å². The first-order valence-electron chi connectivity index (χ1n) is 6.53. The van der Waals surface area contributed by atoms with E-state index in [0.29, 0.717) is 24.3 Å². The monoisotopic (exact) mass is 242 g/mol. The highest BCUT2D eigenvalue weighted by Gasteiger charge is 2.23. The van der Waals surface area contributed by atoms with Crippen LogP contribution in [0.4, 0.5) is 0 Å². The third-order valence-corrected chi connectivity index (χ3v) is 3.82. The molecule has 17 heavy (non-hydrogen) atoms. The van der Waals surface area contributed by atoms with Gasteiger partial charge >= 0.3 is 0 Å². The van der Waals surface area contributed by atoms with Crippen molar-refractivity contribution in [3.63, 3.8) is 0 Å². The molecule has 0 amide bonds. The van der Waals surface area contributed by atoms with E-state index >= 15 is 0 Å². The second kappa shape index (κ2) is 6.81. The first-order chi connectivity index (χ1) is 8.08. The summed E-state index contributed by atoms with van der Waals surface area (Å²) >= 11 is 0. The van der Waals surface area contributed by atoms with Gasteiger partial charge in [0.05, 0.1) is 0 Å². The molecule has 0 bridgehead atoms. The summed E-state index contributed by atoms with van der Waals surface area (Å²) in [6, 6.07) is 1.03. The molecule has 100 valence electrons. The highest BCUT2D eigenvalue weighted by molar-refractivity contribution is 5.80. The van der Waals surface area contributed by atoms with Crippen LogP contribution in [0, 0.1) is 0 Å². The molecule has 5 heteroatoms. The summed E-state index contributed by atoms with van der Waals surface area (Å²) < 4.78 is 0. The number of oxime groups is 1. The van der Waals surface area contributed by atoms with Gasteiger partial charge in [-0.2, -0.15) is 0 Å². The van der Waals surface area contributed by atoms with Crippen LogP contribution in [0.5, 0.6) is 0 Å². The van der Waals surface area contributed by atoms with Crippen LogP contribution in [-0.4, -0.2) is 59.1 Å². The molecule has 0 radical (unpaired) electrons. The molecule has 1 rings (SSSR count). The van der Waals surface area contributed by atoms with E-state index in [1.54, 1.807) is 0 Å². The predicted octanol–water partition coefficient (Wildman–Crippen LogP) is 0.928. The van der Waals surface area contributed by atoms with Gasteiger partial charge in [0, 0.05) is 44.7 Å². The highest BCUT2D eigenvalue weighted by atomic mass is 16.4. The normalized spacial score (nSPS) is 23.6. The van der Waals surface area contributed by atoms with Crippen LogP contribution in [0.3, 0.4) is 0 Å². The van der Waals surface area contributed by atoms with E-state index in [2.05, 4.69) is 35.7 Å². The van der Waals surface area contributed by atoms with E-state index in [-0.39, 0.29) is 0 Å². The number of nitrogens with zero attached hydrogens (tertiary/aromatic N) is 3. The highest BCUT2D eigenvalue weighted by Crippen LogP contribution is 2.12.